The van der Waals surface area contributed by atoms with E-state index in [4.69, 9.17) is 0 Å². The third-order valence-electron chi connectivity index (χ3n) is 2.84. The molecule has 1 rings (SSSR count). The fraction of sp³-hybridized carbons (Fsp3) is 1.00. The maximum atomic E-state index is 2.36. The van der Waals surface area contributed by atoms with Gasteiger partial charge in [0.25, 0.3) is 0 Å². The third-order valence-corrected chi connectivity index (χ3v) is 4.21. The first-order valence-corrected chi connectivity index (χ1v) is 5.97. The van der Waals surface area contributed by atoms with E-state index in [2.05, 4.69) is 32.5 Å². The molecule has 2 unspecified atom stereocenters. The topological polar surface area (TPSA) is 0 Å². The molecule has 1 aliphatic rings. The van der Waals surface area contributed by atoms with Crippen molar-refractivity contribution < 1.29 is 0 Å². The second-order valence-corrected chi connectivity index (χ2v) is 5.13. The molecule has 0 amide bonds. The van der Waals surface area contributed by atoms with Crippen LogP contribution in [0.2, 0.25) is 0 Å². The maximum absolute atomic E-state index is 2.36. The molecule has 0 spiro atoms. The Morgan fingerprint density at radius 1 is 1.36 bits per heavy atom. The molecule has 1 heteroatoms. The van der Waals surface area contributed by atoms with E-state index in [1.165, 1.54) is 24.3 Å². The Hall–Kier alpha value is 0.350. The molecule has 0 N–H and O–H groups in total. The largest absolute Gasteiger partial charge is 0.161 e. The Balaban J connectivity index is 2.33. The zero-order chi connectivity index (χ0) is 8.27. The Bertz CT molecular complexity index is 109. The van der Waals surface area contributed by atoms with Crippen molar-refractivity contribution in [3.05, 3.63) is 0 Å². The number of hydrogen-bond donors (Lipinski definition) is 0. The summed E-state index contributed by atoms with van der Waals surface area (Å²) in [5.41, 5.74) is 0. The van der Waals surface area contributed by atoms with Crippen molar-refractivity contribution in [3.63, 3.8) is 0 Å². The molecule has 0 bridgehead atoms. The van der Waals surface area contributed by atoms with Gasteiger partial charge in [-0.3, -0.25) is 0 Å². The molecule has 0 radical (unpaired) electrons. The summed E-state index contributed by atoms with van der Waals surface area (Å²) in [6, 6.07) is 0. The number of rotatable bonds is 2. The summed E-state index contributed by atoms with van der Waals surface area (Å²) in [6.45, 7) is 7.06. The minimum atomic E-state index is 0.900. The molecule has 1 aliphatic heterocycles. The van der Waals surface area contributed by atoms with Crippen LogP contribution in [-0.4, -0.2) is 11.5 Å². The van der Waals surface area contributed by atoms with Crippen LogP contribution in [0.3, 0.4) is 0 Å². The Morgan fingerprint density at radius 3 is 2.64 bits per heavy atom. The zero-order valence-corrected chi connectivity index (χ0v) is 8.79. The van der Waals surface area contributed by atoms with Gasteiger partial charge in [0.1, 0.15) is 0 Å². The summed E-state index contributed by atoms with van der Waals surface area (Å²) >= 11 is 2.16. The van der Waals surface area contributed by atoms with Crippen molar-refractivity contribution >= 4 is 11.8 Å². The van der Waals surface area contributed by atoms with Gasteiger partial charge in [-0.1, -0.05) is 27.2 Å². The van der Waals surface area contributed by atoms with E-state index in [-0.39, 0.29) is 0 Å². The van der Waals surface area contributed by atoms with Crippen molar-refractivity contribution in [1.82, 2.24) is 0 Å². The van der Waals surface area contributed by atoms with Crippen LogP contribution in [-0.2, 0) is 0 Å². The molecule has 66 valence electrons. The Kier molecular flexibility index (Phi) is 3.77. The summed E-state index contributed by atoms with van der Waals surface area (Å²) in [7, 11) is 0. The fourth-order valence-electron chi connectivity index (χ4n) is 1.70. The molecule has 2 atom stereocenters. The molecule has 0 nitrogen and oxygen atoms in total. The molecule has 1 fully saturated rings. The lowest BCUT2D eigenvalue weighted by atomic mass is 9.87. The molecule has 0 aromatic heterocycles. The van der Waals surface area contributed by atoms with Gasteiger partial charge in [-0.15, -0.1) is 0 Å². The fourth-order valence-corrected chi connectivity index (χ4v) is 3.36. The van der Waals surface area contributed by atoms with Crippen LogP contribution in [0, 0.1) is 17.8 Å². The van der Waals surface area contributed by atoms with Gasteiger partial charge in [-0.25, -0.2) is 0 Å². The second kappa shape index (κ2) is 4.39. The van der Waals surface area contributed by atoms with Gasteiger partial charge in [-0.05, 0) is 35.7 Å². The van der Waals surface area contributed by atoms with Crippen LogP contribution in [0.5, 0.6) is 0 Å². The summed E-state index contributed by atoms with van der Waals surface area (Å²) in [5.74, 6) is 5.74. The predicted molar refractivity (Wildman–Crippen MR) is 54.1 cm³/mol. The van der Waals surface area contributed by atoms with Crippen molar-refractivity contribution in [1.29, 1.82) is 0 Å². The van der Waals surface area contributed by atoms with Crippen molar-refractivity contribution in [2.45, 2.75) is 33.6 Å². The summed E-state index contributed by atoms with van der Waals surface area (Å²) in [4.78, 5) is 0. The second-order valence-electron chi connectivity index (χ2n) is 4.05. The minimum Gasteiger partial charge on any atom is -0.161 e. The van der Waals surface area contributed by atoms with Crippen molar-refractivity contribution in [2.24, 2.45) is 17.8 Å². The highest BCUT2D eigenvalue weighted by Crippen LogP contribution is 2.33. The maximum Gasteiger partial charge on any atom is -0.00365 e. The lowest BCUT2D eigenvalue weighted by molar-refractivity contribution is 0.325. The van der Waals surface area contributed by atoms with E-state index in [0.717, 1.165) is 17.8 Å². The first-order chi connectivity index (χ1) is 5.24. The summed E-state index contributed by atoms with van der Waals surface area (Å²) in [5, 5.41) is 0. The first kappa shape index (κ1) is 9.44. The first-order valence-electron chi connectivity index (χ1n) is 4.81. The number of hydrogen-bond acceptors (Lipinski definition) is 1. The average molecular weight is 172 g/mol. The van der Waals surface area contributed by atoms with Crippen LogP contribution >= 0.6 is 11.8 Å². The van der Waals surface area contributed by atoms with Gasteiger partial charge in [-0.2, -0.15) is 11.8 Å². The van der Waals surface area contributed by atoms with Gasteiger partial charge < -0.3 is 0 Å². The SMILES string of the molecule is CCC1CSCC(C(C)C)C1. The van der Waals surface area contributed by atoms with Crippen LogP contribution in [0.15, 0.2) is 0 Å². The van der Waals surface area contributed by atoms with Gasteiger partial charge in [0.2, 0.25) is 0 Å². The lowest BCUT2D eigenvalue weighted by Gasteiger charge is -2.30. The summed E-state index contributed by atoms with van der Waals surface area (Å²) in [6.07, 6.45) is 2.87. The van der Waals surface area contributed by atoms with E-state index in [1.807, 2.05) is 0 Å². The molecule has 11 heavy (non-hydrogen) atoms. The van der Waals surface area contributed by atoms with Crippen molar-refractivity contribution in [3.8, 4) is 0 Å². The third kappa shape index (κ3) is 2.70. The molecular weight excluding hydrogens is 152 g/mol. The van der Waals surface area contributed by atoms with Crippen LogP contribution in [0.1, 0.15) is 33.6 Å². The highest BCUT2D eigenvalue weighted by atomic mass is 32.2. The van der Waals surface area contributed by atoms with Gasteiger partial charge in [0.05, 0.1) is 0 Å². The van der Waals surface area contributed by atoms with Gasteiger partial charge in [0, 0.05) is 0 Å². The van der Waals surface area contributed by atoms with Gasteiger partial charge in [0.15, 0.2) is 0 Å². The average Bonchev–Trinajstić information content (AvgIpc) is 2.05. The van der Waals surface area contributed by atoms with E-state index < -0.39 is 0 Å². The smallest absolute Gasteiger partial charge is 0.00365 e. The van der Waals surface area contributed by atoms with Gasteiger partial charge >= 0.3 is 0 Å². The molecule has 0 aliphatic carbocycles. The van der Waals surface area contributed by atoms with E-state index in [0.29, 0.717) is 0 Å². The van der Waals surface area contributed by atoms with E-state index in [9.17, 15) is 0 Å². The summed E-state index contributed by atoms with van der Waals surface area (Å²) < 4.78 is 0. The molecule has 1 heterocycles. The monoisotopic (exact) mass is 172 g/mol. The number of thioether (sulfide) groups is 1. The lowest BCUT2D eigenvalue weighted by Crippen LogP contribution is -2.22. The van der Waals surface area contributed by atoms with Crippen molar-refractivity contribution in [2.75, 3.05) is 11.5 Å². The standard InChI is InChI=1S/C10H20S/c1-4-9-5-10(8(2)3)7-11-6-9/h8-10H,4-7H2,1-3H3. The normalized spacial score (nSPS) is 32.7. The molecule has 0 aromatic carbocycles. The highest BCUT2D eigenvalue weighted by molar-refractivity contribution is 7.99. The van der Waals surface area contributed by atoms with Crippen LogP contribution in [0.4, 0.5) is 0 Å². The Morgan fingerprint density at radius 2 is 2.09 bits per heavy atom. The minimum absolute atomic E-state index is 0.900. The van der Waals surface area contributed by atoms with E-state index in [1.54, 1.807) is 0 Å². The molecule has 0 saturated carbocycles. The zero-order valence-electron chi connectivity index (χ0n) is 7.97. The molecule has 1 saturated heterocycles. The van der Waals surface area contributed by atoms with E-state index >= 15 is 0 Å². The van der Waals surface area contributed by atoms with Crippen LogP contribution < -0.4 is 0 Å². The predicted octanol–water partition coefficient (Wildman–Crippen LogP) is 3.42. The molecule has 0 aromatic rings. The highest BCUT2D eigenvalue weighted by Gasteiger charge is 2.22. The van der Waals surface area contributed by atoms with Crippen LogP contribution in [0.25, 0.3) is 0 Å². The quantitative estimate of drug-likeness (QED) is 0.615. The molecular formula is C10H20S. The Labute approximate surface area is 75.1 Å².